The van der Waals surface area contributed by atoms with Gasteiger partial charge in [0.2, 0.25) is 0 Å². The van der Waals surface area contributed by atoms with Crippen molar-refractivity contribution in [3.05, 3.63) is 179 Å². The van der Waals surface area contributed by atoms with E-state index >= 15 is 35.1 Å². The first kappa shape index (κ1) is 35.6. The summed E-state index contributed by atoms with van der Waals surface area (Å²) in [5.74, 6) is -15.1. The number of allylic oxidation sites excluding steroid dienone is 4. The average Bonchev–Trinajstić information content (AvgIpc) is 3.15. The lowest BCUT2D eigenvalue weighted by molar-refractivity contribution is 0.417. The van der Waals surface area contributed by atoms with E-state index < -0.39 is 80.6 Å². The molecular weight excluding hydrogens is 692 g/mol. The van der Waals surface area contributed by atoms with Gasteiger partial charge in [-0.15, -0.1) is 0 Å². The fraction of sp³-hybridized carbons (Fsp3) is 0.111. The van der Waals surface area contributed by atoms with Gasteiger partial charge in [-0.25, -0.2) is 35.1 Å². The summed E-state index contributed by atoms with van der Waals surface area (Å²) in [5, 5.41) is 0. The second-order valence-corrected chi connectivity index (χ2v) is 13.1. The van der Waals surface area contributed by atoms with Crippen LogP contribution in [0.2, 0.25) is 0 Å². The summed E-state index contributed by atoms with van der Waals surface area (Å²) in [7, 11) is 0. The summed E-state index contributed by atoms with van der Waals surface area (Å²) in [6.45, 7) is 5.05. The molecule has 0 radical (unpaired) electrons. The normalized spacial score (nSPS) is 15.3. The number of benzene rings is 6. The van der Waals surface area contributed by atoms with Gasteiger partial charge >= 0.3 is 0 Å². The van der Waals surface area contributed by atoms with E-state index in [9.17, 15) is 0 Å². The van der Waals surface area contributed by atoms with E-state index in [-0.39, 0.29) is 27.8 Å². The molecule has 0 saturated carbocycles. The maximum atomic E-state index is 17.0. The minimum atomic E-state index is -1.93. The van der Waals surface area contributed by atoms with E-state index in [0.29, 0.717) is 22.3 Å². The minimum Gasteiger partial charge on any atom is -0.206 e. The van der Waals surface area contributed by atoms with Crippen molar-refractivity contribution in [2.75, 3.05) is 0 Å². The summed E-state index contributed by atoms with van der Waals surface area (Å²) in [6.07, 6.45) is 6.42. The molecule has 6 aromatic carbocycles. The topological polar surface area (TPSA) is 0 Å². The molecule has 2 unspecified atom stereocenters. The first-order valence-electron chi connectivity index (χ1n) is 16.8. The molecule has 0 bridgehead atoms. The Morgan fingerprint density at radius 3 is 1.38 bits per heavy atom. The van der Waals surface area contributed by atoms with Crippen LogP contribution in [0.5, 0.6) is 0 Å². The van der Waals surface area contributed by atoms with Gasteiger partial charge in [-0.1, -0.05) is 110 Å². The monoisotopic (exact) mass is 722 g/mol. The molecule has 266 valence electrons. The van der Waals surface area contributed by atoms with Gasteiger partial charge in [0.05, 0.1) is 16.7 Å². The molecule has 1 aliphatic carbocycles. The molecule has 6 aromatic rings. The van der Waals surface area contributed by atoms with Crippen LogP contribution < -0.4 is 0 Å². The van der Waals surface area contributed by atoms with Gasteiger partial charge in [-0.2, -0.15) is 0 Å². The SMILES string of the molecule is Cc1ccccc1-c1cc(-c2c(F)c(F)c(F)c(C3C=CC=CC3C)c2F)c(-c2ccccc2C)cc1-c1c(F)c(F)c(F)c(-c2ccccc2)c1F. The van der Waals surface area contributed by atoms with Crippen LogP contribution >= 0.6 is 0 Å². The van der Waals surface area contributed by atoms with Gasteiger partial charge in [0.15, 0.2) is 34.9 Å². The smallest absolute Gasteiger partial charge is 0.195 e. The Morgan fingerprint density at radius 1 is 0.396 bits per heavy atom. The molecule has 0 nitrogen and oxygen atoms in total. The molecular formula is C45H30F8. The lowest BCUT2D eigenvalue weighted by atomic mass is 9.80. The van der Waals surface area contributed by atoms with Gasteiger partial charge in [-0.3, -0.25) is 0 Å². The largest absolute Gasteiger partial charge is 0.206 e. The van der Waals surface area contributed by atoms with Crippen LogP contribution in [0.1, 0.15) is 29.5 Å². The number of hydrogen-bond acceptors (Lipinski definition) is 0. The van der Waals surface area contributed by atoms with Gasteiger partial charge in [0.1, 0.15) is 11.6 Å². The van der Waals surface area contributed by atoms with Gasteiger partial charge in [-0.05, 0) is 82.0 Å². The lowest BCUT2D eigenvalue weighted by Gasteiger charge is -2.25. The molecule has 0 amide bonds. The number of rotatable bonds is 6. The highest BCUT2D eigenvalue weighted by Crippen LogP contribution is 2.49. The maximum absolute atomic E-state index is 17.0. The Hall–Kier alpha value is -5.76. The molecule has 0 fully saturated rings. The Bertz CT molecular complexity index is 2480. The first-order chi connectivity index (χ1) is 25.4. The average molecular weight is 723 g/mol. The van der Waals surface area contributed by atoms with Crippen molar-refractivity contribution in [3.8, 4) is 55.6 Å². The minimum absolute atomic E-state index is 0.0258. The van der Waals surface area contributed by atoms with Crippen LogP contribution in [-0.2, 0) is 0 Å². The maximum Gasteiger partial charge on any atom is 0.195 e. The zero-order valence-corrected chi connectivity index (χ0v) is 28.6. The predicted molar refractivity (Wildman–Crippen MR) is 193 cm³/mol. The van der Waals surface area contributed by atoms with Crippen LogP contribution in [0.15, 0.2) is 115 Å². The Morgan fingerprint density at radius 2 is 0.849 bits per heavy atom. The van der Waals surface area contributed by atoms with Gasteiger partial charge in [0, 0.05) is 11.5 Å². The molecule has 0 N–H and O–H groups in total. The number of hydrogen-bond donors (Lipinski definition) is 0. The number of halogens is 8. The van der Waals surface area contributed by atoms with Crippen LogP contribution in [0.4, 0.5) is 35.1 Å². The molecule has 0 saturated heterocycles. The molecule has 0 aromatic heterocycles. The zero-order valence-electron chi connectivity index (χ0n) is 28.6. The Kier molecular flexibility index (Phi) is 9.41. The first-order valence-corrected chi connectivity index (χ1v) is 16.8. The van der Waals surface area contributed by atoms with Crippen LogP contribution in [-0.4, -0.2) is 0 Å². The van der Waals surface area contributed by atoms with Crippen LogP contribution in [0.25, 0.3) is 55.6 Å². The summed E-state index contributed by atoms with van der Waals surface area (Å²) >= 11 is 0. The lowest BCUT2D eigenvalue weighted by Crippen LogP contribution is -2.15. The van der Waals surface area contributed by atoms with Gasteiger partial charge in [0.25, 0.3) is 0 Å². The van der Waals surface area contributed by atoms with E-state index in [4.69, 9.17) is 0 Å². The highest BCUT2D eigenvalue weighted by atomic mass is 19.2. The van der Waals surface area contributed by atoms with E-state index in [1.165, 1.54) is 42.5 Å². The van der Waals surface area contributed by atoms with Crippen LogP contribution in [0.3, 0.4) is 0 Å². The molecule has 0 aliphatic heterocycles. The van der Waals surface area contributed by atoms with Crippen molar-refractivity contribution < 1.29 is 35.1 Å². The van der Waals surface area contributed by atoms with Crippen molar-refractivity contribution in [1.82, 2.24) is 0 Å². The van der Waals surface area contributed by atoms with E-state index in [1.54, 1.807) is 93.6 Å². The molecule has 0 heterocycles. The molecule has 8 heteroatoms. The predicted octanol–water partition coefficient (Wildman–Crippen LogP) is 13.6. The summed E-state index contributed by atoms with van der Waals surface area (Å²) in [5.41, 5.74) is -2.23. The zero-order chi connectivity index (χ0) is 37.7. The molecule has 53 heavy (non-hydrogen) atoms. The highest BCUT2D eigenvalue weighted by molar-refractivity contribution is 5.97. The van der Waals surface area contributed by atoms with Gasteiger partial charge < -0.3 is 0 Å². The summed E-state index contributed by atoms with van der Waals surface area (Å²) < 4.78 is 129. The third kappa shape index (κ3) is 5.96. The van der Waals surface area contributed by atoms with Crippen LogP contribution in [0, 0.1) is 66.3 Å². The fourth-order valence-corrected chi connectivity index (χ4v) is 7.20. The van der Waals surface area contributed by atoms with E-state index in [0.717, 1.165) is 0 Å². The quantitative estimate of drug-likeness (QED) is 0.0912. The third-order valence-corrected chi connectivity index (χ3v) is 9.93. The molecule has 7 rings (SSSR count). The Balaban J connectivity index is 1.66. The van der Waals surface area contributed by atoms with Crippen molar-refractivity contribution in [1.29, 1.82) is 0 Å². The molecule has 2 atom stereocenters. The van der Waals surface area contributed by atoms with E-state index in [2.05, 4.69) is 0 Å². The third-order valence-electron chi connectivity index (χ3n) is 9.93. The highest BCUT2D eigenvalue weighted by Gasteiger charge is 2.35. The van der Waals surface area contributed by atoms with Crippen molar-refractivity contribution in [3.63, 3.8) is 0 Å². The van der Waals surface area contributed by atoms with Crippen molar-refractivity contribution in [2.24, 2.45) is 5.92 Å². The summed E-state index contributed by atoms with van der Waals surface area (Å²) in [6, 6.07) is 22.9. The van der Waals surface area contributed by atoms with Crippen molar-refractivity contribution >= 4 is 0 Å². The standard InChI is InChI=1S/C45H30F8/c1-23-13-7-10-18-27(23)30-22-33(37-39(47)35(41(49)45(53)43(37)51)29-20-12-9-15-25(29)3)31(28-19-11-8-14-24(28)2)21-32(30)36-38(46)34(26-16-5-4-6-17-26)40(48)44(52)42(36)50/h4-22,25,29H,1-3H3. The van der Waals surface area contributed by atoms with Crippen molar-refractivity contribution in [2.45, 2.75) is 26.7 Å². The second kappa shape index (κ2) is 14.0. The fourth-order valence-electron chi connectivity index (χ4n) is 7.20. The molecule has 1 aliphatic rings. The van der Waals surface area contributed by atoms with E-state index in [1.807, 2.05) is 0 Å². The summed E-state index contributed by atoms with van der Waals surface area (Å²) in [4.78, 5) is 0. The second-order valence-electron chi connectivity index (χ2n) is 13.1. The molecule has 0 spiro atoms. The number of aryl methyl sites for hydroxylation is 2. The Labute approximate surface area is 301 Å².